The average Bonchev–Trinajstić information content (AvgIpc) is 3.03. The van der Waals surface area contributed by atoms with Crippen molar-refractivity contribution in [1.82, 2.24) is 9.78 Å². The highest BCUT2D eigenvalue weighted by atomic mass is 15.3. The van der Waals surface area contributed by atoms with Crippen molar-refractivity contribution in [2.45, 2.75) is 13.0 Å². The van der Waals surface area contributed by atoms with Crippen LogP contribution in [0.3, 0.4) is 0 Å². The SMILES string of the molecule is c1ccc(CCNc2ccccc2Cn2cccn2)cc1. The van der Waals surface area contributed by atoms with Crippen LogP contribution in [0.2, 0.25) is 0 Å². The number of hydrogen-bond donors (Lipinski definition) is 1. The number of hydrogen-bond acceptors (Lipinski definition) is 2. The van der Waals surface area contributed by atoms with Gasteiger partial charge in [0.2, 0.25) is 0 Å². The molecule has 0 amide bonds. The molecule has 0 atom stereocenters. The van der Waals surface area contributed by atoms with E-state index in [1.54, 1.807) is 0 Å². The Labute approximate surface area is 125 Å². The Bertz CT molecular complexity index is 660. The van der Waals surface area contributed by atoms with Gasteiger partial charge in [-0.25, -0.2) is 0 Å². The lowest BCUT2D eigenvalue weighted by Gasteiger charge is -2.12. The number of rotatable bonds is 6. The maximum absolute atomic E-state index is 4.27. The normalized spacial score (nSPS) is 10.5. The quantitative estimate of drug-likeness (QED) is 0.746. The molecule has 0 spiro atoms. The highest BCUT2D eigenvalue weighted by molar-refractivity contribution is 5.51. The van der Waals surface area contributed by atoms with Gasteiger partial charge in [-0.05, 0) is 29.7 Å². The average molecular weight is 277 g/mol. The maximum atomic E-state index is 4.27. The van der Waals surface area contributed by atoms with E-state index in [0.29, 0.717) is 0 Å². The Morgan fingerprint density at radius 2 is 1.71 bits per heavy atom. The number of aromatic nitrogens is 2. The molecular formula is C18H19N3. The molecule has 0 unspecified atom stereocenters. The molecular weight excluding hydrogens is 258 g/mol. The highest BCUT2D eigenvalue weighted by Gasteiger charge is 2.02. The second-order valence-electron chi connectivity index (χ2n) is 5.02. The smallest absolute Gasteiger partial charge is 0.0679 e. The molecule has 0 bridgehead atoms. The third-order valence-electron chi connectivity index (χ3n) is 3.48. The van der Waals surface area contributed by atoms with Gasteiger partial charge in [0.1, 0.15) is 0 Å². The lowest BCUT2D eigenvalue weighted by atomic mass is 10.1. The first kappa shape index (κ1) is 13.4. The largest absolute Gasteiger partial charge is 0.384 e. The monoisotopic (exact) mass is 277 g/mol. The standard InChI is InChI=1S/C18H19N3/c1-2-7-16(8-3-1)11-13-19-18-10-5-4-9-17(18)15-21-14-6-12-20-21/h1-10,12,14,19H,11,13,15H2. The third-order valence-corrected chi connectivity index (χ3v) is 3.48. The summed E-state index contributed by atoms with van der Waals surface area (Å²) in [4.78, 5) is 0. The van der Waals surface area contributed by atoms with Crippen LogP contribution < -0.4 is 5.32 Å². The molecule has 0 aliphatic heterocycles. The molecule has 1 heterocycles. The van der Waals surface area contributed by atoms with E-state index in [1.165, 1.54) is 16.8 Å². The zero-order valence-corrected chi connectivity index (χ0v) is 11.9. The van der Waals surface area contributed by atoms with Crippen LogP contribution in [-0.2, 0) is 13.0 Å². The molecule has 3 rings (SSSR count). The van der Waals surface area contributed by atoms with E-state index in [0.717, 1.165) is 19.5 Å². The Hall–Kier alpha value is -2.55. The Morgan fingerprint density at radius 1 is 0.905 bits per heavy atom. The molecule has 3 aromatic rings. The van der Waals surface area contributed by atoms with Crippen LogP contribution in [0, 0.1) is 0 Å². The highest BCUT2D eigenvalue weighted by Crippen LogP contribution is 2.16. The van der Waals surface area contributed by atoms with Crippen LogP contribution in [0.1, 0.15) is 11.1 Å². The van der Waals surface area contributed by atoms with E-state index < -0.39 is 0 Å². The van der Waals surface area contributed by atoms with Crippen molar-refractivity contribution in [2.75, 3.05) is 11.9 Å². The lowest BCUT2D eigenvalue weighted by molar-refractivity contribution is 0.687. The Morgan fingerprint density at radius 3 is 2.52 bits per heavy atom. The van der Waals surface area contributed by atoms with Gasteiger partial charge >= 0.3 is 0 Å². The van der Waals surface area contributed by atoms with Crippen molar-refractivity contribution in [3.05, 3.63) is 84.2 Å². The summed E-state index contributed by atoms with van der Waals surface area (Å²) in [7, 11) is 0. The fourth-order valence-electron chi connectivity index (χ4n) is 2.39. The summed E-state index contributed by atoms with van der Waals surface area (Å²) < 4.78 is 1.94. The van der Waals surface area contributed by atoms with Gasteiger partial charge in [0.15, 0.2) is 0 Å². The third kappa shape index (κ3) is 3.72. The predicted molar refractivity (Wildman–Crippen MR) is 86.4 cm³/mol. The zero-order chi connectivity index (χ0) is 14.3. The first-order valence-corrected chi connectivity index (χ1v) is 7.25. The first-order valence-electron chi connectivity index (χ1n) is 7.25. The van der Waals surface area contributed by atoms with Gasteiger partial charge in [-0.15, -0.1) is 0 Å². The van der Waals surface area contributed by atoms with Crippen molar-refractivity contribution >= 4 is 5.69 Å². The summed E-state index contributed by atoms with van der Waals surface area (Å²) in [5.74, 6) is 0. The van der Waals surface area contributed by atoms with Crippen molar-refractivity contribution in [3.8, 4) is 0 Å². The van der Waals surface area contributed by atoms with Crippen LogP contribution >= 0.6 is 0 Å². The summed E-state index contributed by atoms with van der Waals surface area (Å²) in [6.45, 7) is 1.72. The molecule has 1 N–H and O–H groups in total. The van der Waals surface area contributed by atoms with Crippen LogP contribution in [0.5, 0.6) is 0 Å². The molecule has 3 heteroatoms. The Kier molecular flexibility index (Phi) is 4.32. The molecule has 21 heavy (non-hydrogen) atoms. The molecule has 106 valence electrons. The zero-order valence-electron chi connectivity index (χ0n) is 11.9. The van der Waals surface area contributed by atoms with Gasteiger partial charge in [-0.1, -0.05) is 48.5 Å². The molecule has 3 nitrogen and oxygen atoms in total. The van der Waals surface area contributed by atoms with Gasteiger partial charge in [0, 0.05) is 24.6 Å². The fourth-order valence-corrected chi connectivity index (χ4v) is 2.39. The van der Waals surface area contributed by atoms with Crippen LogP contribution in [0.15, 0.2) is 73.1 Å². The number of benzene rings is 2. The van der Waals surface area contributed by atoms with E-state index in [4.69, 9.17) is 0 Å². The van der Waals surface area contributed by atoms with Crippen molar-refractivity contribution in [2.24, 2.45) is 0 Å². The summed E-state index contributed by atoms with van der Waals surface area (Å²) in [6.07, 6.45) is 4.82. The minimum atomic E-state index is 0.793. The number of nitrogens with one attached hydrogen (secondary N) is 1. The second-order valence-corrected chi connectivity index (χ2v) is 5.02. The molecule has 0 radical (unpaired) electrons. The first-order chi connectivity index (χ1) is 10.4. The van der Waals surface area contributed by atoms with Crippen molar-refractivity contribution in [1.29, 1.82) is 0 Å². The molecule has 1 aromatic heterocycles. The second kappa shape index (κ2) is 6.75. The summed E-state index contributed by atoms with van der Waals surface area (Å²) in [5, 5.41) is 7.80. The minimum absolute atomic E-state index is 0.793. The topological polar surface area (TPSA) is 29.9 Å². The van der Waals surface area contributed by atoms with Gasteiger partial charge in [0.25, 0.3) is 0 Å². The van der Waals surface area contributed by atoms with Gasteiger partial charge in [-0.2, -0.15) is 5.10 Å². The summed E-state index contributed by atoms with van der Waals surface area (Å²) in [6, 6.07) is 20.9. The van der Waals surface area contributed by atoms with Gasteiger partial charge in [0.05, 0.1) is 6.54 Å². The fraction of sp³-hybridized carbons (Fsp3) is 0.167. The Balaban J connectivity index is 1.62. The number of nitrogens with zero attached hydrogens (tertiary/aromatic N) is 2. The number of para-hydroxylation sites is 1. The maximum Gasteiger partial charge on any atom is 0.0679 e. The molecule has 0 saturated carbocycles. The van der Waals surface area contributed by atoms with Crippen LogP contribution in [-0.4, -0.2) is 16.3 Å². The van der Waals surface area contributed by atoms with E-state index in [2.05, 4.69) is 65.0 Å². The van der Waals surface area contributed by atoms with E-state index in [-0.39, 0.29) is 0 Å². The van der Waals surface area contributed by atoms with Gasteiger partial charge < -0.3 is 5.32 Å². The van der Waals surface area contributed by atoms with Crippen molar-refractivity contribution < 1.29 is 0 Å². The van der Waals surface area contributed by atoms with E-state index >= 15 is 0 Å². The molecule has 0 fully saturated rings. The predicted octanol–water partition coefficient (Wildman–Crippen LogP) is 3.59. The summed E-state index contributed by atoms with van der Waals surface area (Å²) >= 11 is 0. The van der Waals surface area contributed by atoms with Crippen LogP contribution in [0.4, 0.5) is 5.69 Å². The van der Waals surface area contributed by atoms with Crippen molar-refractivity contribution in [3.63, 3.8) is 0 Å². The van der Waals surface area contributed by atoms with Crippen LogP contribution in [0.25, 0.3) is 0 Å². The molecule has 2 aromatic carbocycles. The lowest BCUT2D eigenvalue weighted by Crippen LogP contribution is -2.09. The molecule has 0 saturated heterocycles. The number of anilines is 1. The minimum Gasteiger partial charge on any atom is -0.384 e. The van der Waals surface area contributed by atoms with E-state index in [1.807, 2.05) is 23.1 Å². The van der Waals surface area contributed by atoms with E-state index in [9.17, 15) is 0 Å². The molecule has 0 aliphatic carbocycles. The molecule has 0 aliphatic rings. The summed E-state index contributed by atoms with van der Waals surface area (Å²) in [5.41, 5.74) is 3.80. The van der Waals surface area contributed by atoms with Gasteiger partial charge in [-0.3, -0.25) is 4.68 Å².